The highest BCUT2D eigenvalue weighted by Crippen LogP contribution is 2.23. The smallest absolute Gasteiger partial charge is 0.270 e. The summed E-state index contributed by atoms with van der Waals surface area (Å²) in [4.78, 5) is 23.6. The van der Waals surface area contributed by atoms with Crippen molar-refractivity contribution in [2.75, 3.05) is 13.1 Å². The highest BCUT2D eigenvalue weighted by molar-refractivity contribution is 9.10. The van der Waals surface area contributed by atoms with E-state index in [0.29, 0.717) is 23.3 Å². The average molecular weight is 343 g/mol. The monoisotopic (exact) mass is 342 g/mol. The second-order valence-corrected chi connectivity index (χ2v) is 5.83. The highest BCUT2D eigenvalue weighted by atomic mass is 79.9. The molecule has 0 bridgehead atoms. The van der Waals surface area contributed by atoms with Crippen LogP contribution in [0.2, 0.25) is 0 Å². The zero-order valence-electron chi connectivity index (χ0n) is 11.2. The second-order valence-electron chi connectivity index (χ2n) is 4.97. The molecule has 7 heteroatoms. The molecular weight excluding hydrogens is 324 g/mol. The fraction of sp³-hybridized carbons (Fsp3) is 0.615. The van der Waals surface area contributed by atoms with Gasteiger partial charge in [0.1, 0.15) is 5.69 Å². The third kappa shape index (κ3) is 4.06. The molecule has 1 aromatic rings. The Hall–Kier alpha value is -1.37. The number of hydrogen-bond donors (Lipinski definition) is 3. The summed E-state index contributed by atoms with van der Waals surface area (Å²) in [5.74, 6) is 0.0316. The second kappa shape index (κ2) is 7.42. The molecule has 0 unspecified atom stereocenters. The lowest BCUT2D eigenvalue weighted by Crippen LogP contribution is -2.38. The number of hydrogen-bond acceptors (Lipinski definition) is 3. The lowest BCUT2D eigenvalue weighted by atomic mass is 9.89. The van der Waals surface area contributed by atoms with Crippen LogP contribution in [0.3, 0.4) is 0 Å². The maximum Gasteiger partial charge on any atom is 0.270 e. The third-order valence-electron chi connectivity index (χ3n) is 3.51. The van der Waals surface area contributed by atoms with Gasteiger partial charge in [-0.2, -0.15) is 5.10 Å². The molecule has 110 valence electrons. The first-order valence-electron chi connectivity index (χ1n) is 6.93. The van der Waals surface area contributed by atoms with Gasteiger partial charge in [-0.3, -0.25) is 14.7 Å². The molecule has 1 aliphatic rings. The summed E-state index contributed by atoms with van der Waals surface area (Å²) in [5, 5.41) is 12.0. The number of aromatic amines is 1. The number of aromatic nitrogens is 2. The normalized spacial score (nSPS) is 15.8. The maximum atomic E-state index is 11.9. The zero-order chi connectivity index (χ0) is 14.4. The Bertz CT molecular complexity index is 469. The lowest BCUT2D eigenvalue weighted by Gasteiger charge is -2.20. The summed E-state index contributed by atoms with van der Waals surface area (Å²) in [7, 11) is 0. The predicted molar refractivity (Wildman–Crippen MR) is 78.2 cm³/mol. The Balaban J connectivity index is 1.65. The number of amides is 2. The number of carbonyl (C=O) groups is 2. The maximum absolute atomic E-state index is 11.9. The summed E-state index contributed by atoms with van der Waals surface area (Å²) in [5.41, 5.74) is 0.392. The molecule has 1 aromatic heterocycles. The van der Waals surface area contributed by atoms with E-state index in [4.69, 9.17) is 0 Å². The van der Waals surface area contributed by atoms with Gasteiger partial charge in [0.15, 0.2) is 0 Å². The molecule has 6 nitrogen and oxygen atoms in total. The van der Waals surface area contributed by atoms with Gasteiger partial charge in [0, 0.05) is 19.0 Å². The van der Waals surface area contributed by atoms with Crippen LogP contribution in [0.15, 0.2) is 10.7 Å². The minimum Gasteiger partial charge on any atom is -0.354 e. The molecule has 2 rings (SSSR count). The van der Waals surface area contributed by atoms with Crippen molar-refractivity contribution >= 4 is 27.7 Å². The van der Waals surface area contributed by atoms with Crippen molar-refractivity contribution in [2.45, 2.75) is 32.1 Å². The van der Waals surface area contributed by atoms with Gasteiger partial charge in [0.25, 0.3) is 5.91 Å². The van der Waals surface area contributed by atoms with Crippen molar-refractivity contribution in [1.29, 1.82) is 0 Å². The SMILES string of the molecule is O=C(NCCNC(=O)C1CCCCC1)c1[nH]ncc1Br. The first-order valence-corrected chi connectivity index (χ1v) is 7.72. The van der Waals surface area contributed by atoms with E-state index in [2.05, 4.69) is 36.8 Å². The van der Waals surface area contributed by atoms with Gasteiger partial charge in [-0.1, -0.05) is 19.3 Å². The third-order valence-corrected chi connectivity index (χ3v) is 4.11. The average Bonchev–Trinajstić information content (AvgIpc) is 2.90. The molecule has 20 heavy (non-hydrogen) atoms. The summed E-state index contributed by atoms with van der Waals surface area (Å²) in [6.45, 7) is 0.857. The molecule has 0 aromatic carbocycles. The fourth-order valence-corrected chi connectivity index (χ4v) is 2.76. The number of H-pyrrole nitrogens is 1. The number of nitrogens with one attached hydrogen (secondary N) is 3. The van der Waals surface area contributed by atoms with Crippen molar-refractivity contribution in [3.63, 3.8) is 0 Å². The van der Waals surface area contributed by atoms with Crippen molar-refractivity contribution in [3.05, 3.63) is 16.4 Å². The van der Waals surface area contributed by atoms with Crippen LogP contribution in [0, 0.1) is 5.92 Å². The van der Waals surface area contributed by atoms with Gasteiger partial charge >= 0.3 is 0 Å². The first kappa shape index (κ1) is 15.0. The molecule has 0 spiro atoms. The van der Waals surface area contributed by atoms with Crippen molar-refractivity contribution in [2.24, 2.45) is 5.92 Å². The quantitative estimate of drug-likeness (QED) is 0.710. The van der Waals surface area contributed by atoms with Crippen LogP contribution >= 0.6 is 15.9 Å². The van der Waals surface area contributed by atoms with Crippen molar-refractivity contribution in [3.8, 4) is 0 Å². The van der Waals surface area contributed by atoms with Gasteiger partial charge in [0.2, 0.25) is 5.91 Å². The van der Waals surface area contributed by atoms with Gasteiger partial charge in [-0.15, -0.1) is 0 Å². The van der Waals surface area contributed by atoms with Gasteiger partial charge in [-0.25, -0.2) is 0 Å². The molecule has 1 heterocycles. The number of rotatable bonds is 5. The Labute approximate surface area is 126 Å². The Morgan fingerprint density at radius 3 is 2.60 bits per heavy atom. The van der Waals surface area contributed by atoms with Crippen molar-refractivity contribution < 1.29 is 9.59 Å². The molecule has 2 amide bonds. The predicted octanol–water partition coefficient (Wildman–Crippen LogP) is 1.60. The molecule has 1 saturated carbocycles. The highest BCUT2D eigenvalue weighted by Gasteiger charge is 2.20. The van der Waals surface area contributed by atoms with E-state index in [0.717, 1.165) is 25.7 Å². The summed E-state index contributed by atoms with van der Waals surface area (Å²) >= 11 is 3.23. The molecule has 1 fully saturated rings. The standard InChI is InChI=1S/C13H19BrN4O2/c14-10-8-17-18-11(10)13(20)16-7-6-15-12(19)9-4-2-1-3-5-9/h8-9H,1-7H2,(H,15,19)(H,16,20)(H,17,18). The molecule has 0 atom stereocenters. The lowest BCUT2D eigenvalue weighted by molar-refractivity contribution is -0.125. The van der Waals surface area contributed by atoms with Crippen LogP contribution < -0.4 is 10.6 Å². The van der Waals surface area contributed by atoms with Gasteiger partial charge in [0.05, 0.1) is 10.7 Å². The van der Waals surface area contributed by atoms with Crippen LogP contribution in [0.25, 0.3) is 0 Å². The zero-order valence-corrected chi connectivity index (χ0v) is 12.8. The largest absolute Gasteiger partial charge is 0.354 e. The van der Waals surface area contributed by atoms with Crippen LogP contribution in [-0.4, -0.2) is 35.1 Å². The minimum absolute atomic E-state index is 0.113. The molecule has 0 saturated heterocycles. The van der Waals surface area contributed by atoms with Crippen molar-refractivity contribution in [1.82, 2.24) is 20.8 Å². The number of carbonyl (C=O) groups excluding carboxylic acids is 2. The van der Waals surface area contributed by atoms with Gasteiger partial charge < -0.3 is 10.6 Å². The van der Waals surface area contributed by atoms with E-state index in [1.807, 2.05) is 0 Å². The van der Waals surface area contributed by atoms with Crippen LogP contribution in [0.4, 0.5) is 0 Å². The Morgan fingerprint density at radius 2 is 1.95 bits per heavy atom. The molecule has 0 aliphatic heterocycles. The summed E-state index contributed by atoms with van der Waals surface area (Å²) < 4.78 is 0.626. The van der Waals surface area contributed by atoms with E-state index in [1.54, 1.807) is 0 Å². The molecule has 1 aliphatic carbocycles. The number of halogens is 1. The fourth-order valence-electron chi connectivity index (χ4n) is 2.39. The molecule has 3 N–H and O–H groups in total. The van der Waals surface area contributed by atoms with E-state index in [1.165, 1.54) is 12.6 Å². The topological polar surface area (TPSA) is 86.9 Å². The van der Waals surface area contributed by atoms with Crippen LogP contribution in [-0.2, 0) is 4.79 Å². The minimum atomic E-state index is -0.235. The summed E-state index contributed by atoms with van der Waals surface area (Å²) in [6, 6.07) is 0. The van der Waals surface area contributed by atoms with E-state index in [-0.39, 0.29) is 17.7 Å². The van der Waals surface area contributed by atoms with E-state index < -0.39 is 0 Å². The molecule has 0 radical (unpaired) electrons. The van der Waals surface area contributed by atoms with Crippen LogP contribution in [0.1, 0.15) is 42.6 Å². The molecular formula is C13H19BrN4O2. The van der Waals surface area contributed by atoms with E-state index in [9.17, 15) is 9.59 Å². The first-order chi connectivity index (χ1) is 9.68. The van der Waals surface area contributed by atoms with Gasteiger partial charge in [-0.05, 0) is 28.8 Å². The number of nitrogens with zero attached hydrogens (tertiary/aromatic N) is 1. The van der Waals surface area contributed by atoms with Crippen LogP contribution in [0.5, 0.6) is 0 Å². The Morgan fingerprint density at radius 1 is 1.25 bits per heavy atom. The summed E-state index contributed by atoms with van der Waals surface area (Å²) in [6.07, 6.45) is 7.02. The van der Waals surface area contributed by atoms with E-state index >= 15 is 0 Å². The Kier molecular flexibility index (Phi) is 5.58.